The predicted octanol–water partition coefficient (Wildman–Crippen LogP) is 0.287. The fourth-order valence-electron chi connectivity index (χ4n) is 6.68. The van der Waals surface area contributed by atoms with Gasteiger partial charge >= 0.3 is 5.97 Å². The summed E-state index contributed by atoms with van der Waals surface area (Å²) in [5.74, 6) is -16.5. The highest BCUT2D eigenvalue weighted by molar-refractivity contribution is 7.90. The summed E-state index contributed by atoms with van der Waals surface area (Å²) in [6, 6.07) is 0.277. The number of hydrogen-bond donors (Lipinski definition) is 8. The van der Waals surface area contributed by atoms with Gasteiger partial charge in [-0.15, -0.1) is 0 Å². The first kappa shape index (κ1) is 50.3. The quantitative estimate of drug-likeness (QED) is 0.0868. The molecule has 2 aliphatic heterocycles. The molecular weight excluding hydrogens is 1010 g/mol. The van der Waals surface area contributed by atoms with Gasteiger partial charge in [-0.25, -0.2) is 26.4 Å². The van der Waals surface area contributed by atoms with Crippen molar-refractivity contribution in [2.45, 2.75) is 41.1 Å². The molecule has 3 aliphatic rings. The summed E-state index contributed by atoms with van der Waals surface area (Å²) in [6.07, 6.45) is -2.97. The number of benzene rings is 3. The zero-order chi connectivity index (χ0) is 48.1. The van der Waals surface area contributed by atoms with Gasteiger partial charge < -0.3 is 19.9 Å². The van der Waals surface area contributed by atoms with E-state index in [1.54, 1.807) is 5.32 Å². The summed E-state index contributed by atoms with van der Waals surface area (Å²) in [6.45, 7) is -0.760. The Morgan fingerprint density at radius 1 is 0.750 bits per heavy atom. The zero-order valence-electron chi connectivity index (χ0n) is 31.7. The SMILES string of the molecule is O=C(O)c1c(Cl)ccc(Cl)c1-c1c2ccc(=O)c3c-2oc2c(c(O)ccc12)S(=O)(=O)NCCCC(=O)C(CS(=O)(=O)O)NC(=O)C(CS(=O)(=O)O)CC(=O)C(CS(=O)(=O)O)NS3(=O)=O. The number of carbonyl (C=O) groups is 4. The highest BCUT2D eigenvalue weighted by Crippen LogP contribution is 2.49. The van der Waals surface area contributed by atoms with E-state index >= 15 is 0 Å². The zero-order valence-corrected chi connectivity index (χ0v) is 37.3. The summed E-state index contributed by atoms with van der Waals surface area (Å²) in [5, 5.41) is 21.7. The second kappa shape index (κ2) is 18.3. The van der Waals surface area contributed by atoms with Gasteiger partial charge in [0.2, 0.25) is 31.4 Å². The van der Waals surface area contributed by atoms with Crippen LogP contribution >= 0.6 is 23.2 Å². The average molecular weight is 1040 g/mol. The normalized spacial score (nSPS) is 20.6. The summed E-state index contributed by atoms with van der Waals surface area (Å²) in [7, 11) is -27.0. The van der Waals surface area contributed by atoms with Gasteiger partial charge in [0, 0.05) is 46.5 Å². The van der Waals surface area contributed by atoms with E-state index in [4.69, 9.17) is 27.6 Å². The van der Waals surface area contributed by atoms with Crippen molar-refractivity contribution in [1.29, 1.82) is 0 Å². The van der Waals surface area contributed by atoms with E-state index in [2.05, 4.69) is 0 Å². The predicted molar refractivity (Wildman–Crippen MR) is 221 cm³/mol. The smallest absolute Gasteiger partial charge is 0.337 e. The van der Waals surface area contributed by atoms with Crippen molar-refractivity contribution in [3.05, 3.63) is 62.2 Å². The van der Waals surface area contributed by atoms with Crippen LogP contribution in [-0.4, -0.2) is 125 Å². The standard InChI is InChI=1S/C33H31Cl2N3O21S5/c34-17-5-6-18(35)27(33(44)45)26(17)25-15-3-7-22(40)30-28(15)59-29-16(25)4-8-23(41)31(29)64(57,58)38-20(13-62(52,53)54)24(42)10-14(11-60(46,47)48)32(43)37-19(12-61(49,50)51)21(39)2-1-9-36-63(30,55)56/h3-8,14,19-20,36,38,40H,1-2,9-13H2,(H,37,43)(H,44,45)(H,46,47,48)(H,49,50,51)(H,52,53,54). The lowest BCUT2D eigenvalue weighted by atomic mass is 9.90. The lowest BCUT2D eigenvalue weighted by Crippen LogP contribution is -2.51. The van der Waals surface area contributed by atoms with Gasteiger partial charge in [-0.3, -0.25) is 32.8 Å². The number of amides is 1. The summed E-state index contributed by atoms with van der Waals surface area (Å²) in [5.41, 5.74) is -4.93. The Bertz CT molecular complexity index is 3250. The molecule has 0 saturated carbocycles. The molecule has 3 atom stereocenters. The molecule has 64 heavy (non-hydrogen) atoms. The molecule has 0 radical (unpaired) electrons. The molecule has 1 aliphatic carbocycles. The maximum absolute atomic E-state index is 14.4. The third kappa shape index (κ3) is 11.4. The summed E-state index contributed by atoms with van der Waals surface area (Å²) >= 11 is 12.8. The van der Waals surface area contributed by atoms with Crippen LogP contribution in [0, 0.1) is 5.92 Å². The van der Waals surface area contributed by atoms with Crippen molar-refractivity contribution < 1.29 is 89.6 Å². The summed E-state index contributed by atoms with van der Waals surface area (Å²) in [4.78, 5) is 64.0. The molecule has 0 aromatic heterocycles. The fraction of sp³-hybridized carbons (Fsp3) is 0.303. The second-order valence-electron chi connectivity index (χ2n) is 13.9. The molecule has 8 N–H and O–H groups in total. The number of ketones is 2. The molecule has 24 nitrogen and oxygen atoms in total. The molecule has 2 aromatic rings. The third-order valence-corrected chi connectivity index (χ3v) is 15.3. The van der Waals surface area contributed by atoms with Crippen molar-refractivity contribution in [3.8, 4) is 28.2 Å². The number of carbonyl (C=O) groups excluding carboxylic acids is 3. The Morgan fingerprint density at radius 3 is 1.94 bits per heavy atom. The molecule has 0 fully saturated rings. The van der Waals surface area contributed by atoms with Gasteiger partial charge in [-0.1, -0.05) is 23.2 Å². The van der Waals surface area contributed by atoms with Gasteiger partial charge in [0.1, 0.15) is 17.5 Å². The van der Waals surface area contributed by atoms with Crippen molar-refractivity contribution in [2.24, 2.45) is 5.92 Å². The molecule has 2 heterocycles. The van der Waals surface area contributed by atoms with Crippen LogP contribution in [0.5, 0.6) is 5.75 Å². The number of carboxylic acid groups (broad SMARTS) is 1. The first-order valence-corrected chi connectivity index (χ1v) is 26.1. The number of hydrogen-bond acceptors (Lipinski definition) is 17. The fourth-order valence-corrected chi connectivity index (χ4v) is 12.2. The van der Waals surface area contributed by atoms with Crippen LogP contribution in [0.15, 0.2) is 55.4 Å². The average Bonchev–Trinajstić information content (AvgIpc) is 3.13. The van der Waals surface area contributed by atoms with Crippen LogP contribution in [0.3, 0.4) is 0 Å². The number of carboxylic acids is 1. The number of phenols is 1. The third-order valence-electron chi connectivity index (χ3n) is 9.28. The van der Waals surface area contributed by atoms with Crippen LogP contribution in [0.1, 0.15) is 29.6 Å². The highest BCUT2D eigenvalue weighted by atomic mass is 35.5. The van der Waals surface area contributed by atoms with Crippen LogP contribution in [0.25, 0.3) is 33.4 Å². The number of halogens is 2. The van der Waals surface area contributed by atoms with E-state index in [9.17, 15) is 89.9 Å². The minimum Gasteiger partial charge on any atom is -0.506 e. The molecule has 1 amide bonds. The van der Waals surface area contributed by atoms with Crippen LogP contribution in [0.2, 0.25) is 10.0 Å². The van der Waals surface area contributed by atoms with Crippen LogP contribution < -0.4 is 20.2 Å². The van der Waals surface area contributed by atoms with E-state index in [1.165, 1.54) is 4.72 Å². The Morgan fingerprint density at radius 2 is 1.34 bits per heavy atom. The highest BCUT2D eigenvalue weighted by Gasteiger charge is 2.40. The molecule has 31 heteroatoms. The molecule has 348 valence electrons. The van der Waals surface area contributed by atoms with Crippen LogP contribution in [-0.2, 0) is 64.8 Å². The number of nitrogens with one attached hydrogen (secondary N) is 3. The summed E-state index contributed by atoms with van der Waals surface area (Å²) < 4.78 is 167. The lowest BCUT2D eigenvalue weighted by molar-refractivity contribution is -0.131. The van der Waals surface area contributed by atoms with Crippen molar-refractivity contribution in [2.75, 3.05) is 23.8 Å². The molecule has 3 unspecified atom stereocenters. The van der Waals surface area contributed by atoms with Crippen molar-refractivity contribution >= 4 is 108 Å². The number of phenolic OH excluding ortho intramolecular Hbond substituents is 1. The van der Waals surface area contributed by atoms with Crippen molar-refractivity contribution in [3.63, 3.8) is 0 Å². The molecule has 2 bridgehead atoms. The van der Waals surface area contributed by atoms with Crippen LogP contribution in [0.4, 0.5) is 0 Å². The first-order valence-electron chi connectivity index (χ1n) is 17.5. The Kier molecular flexibility index (Phi) is 14.4. The molecule has 0 spiro atoms. The van der Waals surface area contributed by atoms with E-state index in [-0.39, 0.29) is 0 Å². The molecule has 2 aromatic carbocycles. The molecular formula is C33H31Cl2N3O21S5. The topological polar surface area (TPSA) is 406 Å². The van der Waals surface area contributed by atoms with Gasteiger partial charge in [0.25, 0.3) is 30.4 Å². The monoisotopic (exact) mass is 1030 g/mol. The lowest BCUT2D eigenvalue weighted by Gasteiger charge is -2.24. The number of aromatic hydroxyl groups is 1. The largest absolute Gasteiger partial charge is 0.506 e. The Balaban J connectivity index is 1.90. The van der Waals surface area contributed by atoms with Gasteiger partial charge in [-0.05, 0) is 42.8 Å². The Labute approximate surface area is 371 Å². The van der Waals surface area contributed by atoms with Gasteiger partial charge in [0.05, 0.1) is 34.1 Å². The van der Waals surface area contributed by atoms with Crippen molar-refractivity contribution in [1.82, 2.24) is 14.8 Å². The maximum atomic E-state index is 14.4. The van der Waals surface area contributed by atoms with Gasteiger partial charge in [0.15, 0.2) is 32.7 Å². The number of sulfonamides is 2. The van der Waals surface area contributed by atoms with Gasteiger partial charge in [-0.2, -0.15) is 30.0 Å². The first-order chi connectivity index (χ1) is 29.3. The number of Topliss-reactive ketones (excluding diaryl/α,β-unsaturated/α-hetero) is 2. The molecule has 0 saturated heterocycles. The minimum absolute atomic E-state index is 0.430. The second-order valence-corrected chi connectivity index (χ2v) is 22.6. The Hall–Kier alpha value is -4.66. The molecule has 5 rings (SSSR count). The maximum Gasteiger partial charge on any atom is 0.337 e. The number of rotatable bonds is 8. The van der Waals surface area contributed by atoms with E-state index in [1.807, 2.05) is 4.72 Å². The van der Waals surface area contributed by atoms with E-state index < -0.39 is 205 Å². The number of aromatic carboxylic acids is 1. The van der Waals surface area contributed by atoms with E-state index in [0.717, 1.165) is 30.3 Å². The van der Waals surface area contributed by atoms with E-state index in [0.29, 0.717) is 6.07 Å². The minimum atomic E-state index is -5.81.